The summed E-state index contributed by atoms with van der Waals surface area (Å²) in [5.74, 6) is 0.471. The molecule has 9 heteroatoms. The molecule has 1 saturated heterocycles. The number of nitrogens with zero attached hydrogens (tertiary/aromatic N) is 2. The van der Waals surface area contributed by atoms with Gasteiger partial charge < -0.3 is 15.1 Å². The van der Waals surface area contributed by atoms with Crippen LogP contribution in [0.25, 0.3) is 0 Å². The van der Waals surface area contributed by atoms with Crippen LogP contribution in [-0.4, -0.2) is 72.7 Å². The maximum atomic E-state index is 13.0. The van der Waals surface area contributed by atoms with E-state index in [1.165, 1.54) is 0 Å². The minimum Gasteiger partial charge on any atom is -0.354 e. The van der Waals surface area contributed by atoms with Gasteiger partial charge in [-0.25, -0.2) is 17.9 Å². The molecule has 3 amide bonds. The minimum absolute atomic E-state index is 0.0227. The normalized spacial score (nSPS) is 35.8. The number of nitrogens with one attached hydrogen (secondary N) is 2. The Balaban J connectivity index is 1.35. The lowest BCUT2D eigenvalue weighted by atomic mass is 9.84. The van der Waals surface area contributed by atoms with Gasteiger partial charge in [0.25, 0.3) is 0 Å². The zero-order valence-corrected chi connectivity index (χ0v) is 19.2. The second-order valence-electron chi connectivity index (χ2n) is 10.2. The highest BCUT2D eigenvalue weighted by Gasteiger charge is 2.51. The Hall–Kier alpha value is -1.35. The van der Waals surface area contributed by atoms with E-state index in [1.807, 2.05) is 18.9 Å². The Morgan fingerprint density at radius 3 is 2.37 bits per heavy atom. The molecule has 0 spiro atoms. The van der Waals surface area contributed by atoms with Crippen LogP contribution in [0.2, 0.25) is 0 Å². The fourth-order valence-corrected chi connectivity index (χ4v) is 7.58. The first-order valence-electron chi connectivity index (χ1n) is 11.4. The van der Waals surface area contributed by atoms with E-state index in [9.17, 15) is 18.0 Å². The first kappa shape index (κ1) is 21.9. The van der Waals surface area contributed by atoms with Gasteiger partial charge in [-0.1, -0.05) is 0 Å². The van der Waals surface area contributed by atoms with E-state index in [1.54, 1.807) is 11.8 Å². The quantitative estimate of drug-likeness (QED) is 0.658. The number of carbonyl (C=O) groups excluding carboxylic acids is 2. The smallest absolute Gasteiger partial charge is 0.320 e. The third kappa shape index (κ3) is 4.47. The monoisotopic (exact) mass is 440 g/mol. The van der Waals surface area contributed by atoms with Crippen LogP contribution in [-0.2, 0) is 14.8 Å². The van der Waals surface area contributed by atoms with Gasteiger partial charge in [0.15, 0.2) is 0 Å². The molecule has 0 aromatic heterocycles. The van der Waals surface area contributed by atoms with Crippen molar-refractivity contribution in [3.8, 4) is 0 Å². The molecule has 3 atom stereocenters. The molecule has 0 radical (unpaired) electrons. The lowest BCUT2D eigenvalue weighted by molar-refractivity contribution is -0.119. The zero-order valence-electron chi connectivity index (χ0n) is 18.4. The minimum atomic E-state index is -3.36. The van der Waals surface area contributed by atoms with Crippen LogP contribution in [0.4, 0.5) is 4.79 Å². The summed E-state index contributed by atoms with van der Waals surface area (Å²) in [5.41, 5.74) is -0.255. The second kappa shape index (κ2) is 7.97. The van der Waals surface area contributed by atoms with Crippen molar-refractivity contribution < 1.29 is 18.0 Å². The van der Waals surface area contributed by atoms with Gasteiger partial charge in [0.1, 0.15) is 0 Å². The summed E-state index contributed by atoms with van der Waals surface area (Å²) in [7, 11) is -1.54. The maximum Gasteiger partial charge on any atom is 0.320 e. The van der Waals surface area contributed by atoms with E-state index in [0.29, 0.717) is 18.8 Å². The molecule has 8 nitrogen and oxygen atoms in total. The van der Waals surface area contributed by atoms with Crippen molar-refractivity contribution in [2.24, 2.45) is 5.92 Å². The van der Waals surface area contributed by atoms with E-state index in [4.69, 9.17) is 0 Å². The molecule has 4 fully saturated rings. The SMILES string of the molecule is CC(=O)NC1CCC(CN2C(=O)N(C)C3CC(S(=O)(=O)NC4(C)CC4)CCC32)CC1. The van der Waals surface area contributed by atoms with Crippen molar-refractivity contribution in [1.82, 2.24) is 19.8 Å². The summed E-state index contributed by atoms with van der Waals surface area (Å²) in [6, 6.07) is 0.369. The van der Waals surface area contributed by atoms with E-state index < -0.39 is 15.3 Å². The van der Waals surface area contributed by atoms with Crippen molar-refractivity contribution in [3.05, 3.63) is 0 Å². The topological polar surface area (TPSA) is 98.8 Å². The van der Waals surface area contributed by atoms with Crippen LogP contribution in [0.15, 0.2) is 0 Å². The second-order valence-corrected chi connectivity index (χ2v) is 12.2. The van der Waals surface area contributed by atoms with E-state index in [-0.39, 0.29) is 35.6 Å². The Morgan fingerprint density at radius 1 is 1.10 bits per heavy atom. The largest absolute Gasteiger partial charge is 0.354 e. The molecule has 170 valence electrons. The molecular weight excluding hydrogens is 404 g/mol. The van der Waals surface area contributed by atoms with E-state index in [2.05, 4.69) is 10.0 Å². The van der Waals surface area contributed by atoms with Crippen molar-refractivity contribution in [2.45, 2.75) is 101 Å². The van der Waals surface area contributed by atoms with Crippen LogP contribution in [0.1, 0.15) is 71.6 Å². The van der Waals surface area contributed by atoms with Gasteiger partial charge in [0.2, 0.25) is 15.9 Å². The summed E-state index contributed by atoms with van der Waals surface area (Å²) in [4.78, 5) is 28.0. The highest BCUT2D eigenvalue weighted by molar-refractivity contribution is 7.90. The molecule has 3 saturated carbocycles. The number of urea groups is 1. The predicted octanol–water partition coefficient (Wildman–Crippen LogP) is 1.81. The molecule has 0 bridgehead atoms. The standard InChI is InChI=1S/C21H36N4O4S/c1-14(26)22-16-6-4-15(5-7-16)13-25-18-9-8-17(12-19(18)24(3)20(25)27)30(28,29)23-21(2)10-11-21/h15-19,23H,4-13H2,1-3H3,(H,22,26). The molecule has 4 aliphatic rings. The number of likely N-dealkylation sites (N-methyl/N-ethyl adjacent to an activating group) is 1. The van der Waals surface area contributed by atoms with Crippen molar-refractivity contribution >= 4 is 22.0 Å². The number of amides is 3. The van der Waals surface area contributed by atoms with Crippen molar-refractivity contribution in [1.29, 1.82) is 0 Å². The Morgan fingerprint density at radius 2 is 1.77 bits per heavy atom. The van der Waals surface area contributed by atoms with Gasteiger partial charge in [-0.05, 0) is 70.6 Å². The Labute approximate surface area is 180 Å². The summed E-state index contributed by atoms with van der Waals surface area (Å²) < 4.78 is 28.6. The average Bonchev–Trinajstić information content (AvgIpc) is 3.35. The highest BCUT2D eigenvalue weighted by Crippen LogP contribution is 2.40. The molecule has 0 aromatic carbocycles. The van der Waals surface area contributed by atoms with Gasteiger partial charge in [0.05, 0.1) is 17.3 Å². The number of fused-ring (bicyclic) bond motifs is 1. The zero-order chi connectivity index (χ0) is 21.7. The van der Waals surface area contributed by atoms with Crippen LogP contribution in [0, 0.1) is 5.92 Å². The molecule has 3 unspecified atom stereocenters. The summed E-state index contributed by atoms with van der Waals surface area (Å²) in [6.07, 6.45) is 7.61. The first-order chi connectivity index (χ1) is 14.1. The number of hydrogen-bond donors (Lipinski definition) is 2. The van der Waals surface area contributed by atoms with Crippen LogP contribution in [0.5, 0.6) is 0 Å². The van der Waals surface area contributed by atoms with Crippen LogP contribution >= 0.6 is 0 Å². The maximum absolute atomic E-state index is 13.0. The van der Waals surface area contributed by atoms with Gasteiger partial charge in [-0.15, -0.1) is 0 Å². The van der Waals surface area contributed by atoms with Crippen LogP contribution < -0.4 is 10.0 Å². The fraction of sp³-hybridized carbons (Fsp3) is 0.905. The average molecular weight is 441 g/mol. The number of carbonyl (C=O) groups is 2. The van der Waals surface area contributed by atoms with E-state index in [0.717, 1.165) is 51.5 Å². The van der Waals surface area contributed by atoms with Crippen molar-refractivity contribution in [3.63, 3.8) is 0 Å². The summed E-state index contributed by atoms with van der Waals surface area (Å²) in [5, 5.41) is 2.59. The van der Waals surface area contributed by atoms with Crippen LogP contribution in [0.3, 0.4) is 0 Å². The van der Waals surface area contributed by atoms with E-state index >= 15 is 0 Å². The third-order valence-corrected chi connectivity index (χ3v) is 9.80. The predicted molar refractivity (Wildman–Crippen MR) is 114 cm³/mol. The number of rotatable bonds is 6. The summed E-state index contributed by atoms with van der Waals surface area (Å²) in [6.45, 7) is 4.26. The number of hydrogen-bond acceptors (Lipinski definition) is 4. The van der Waals surface area contributed by atoms with Gasteiger partial charge in [-0.3, -0.25) is 4.79 Å². The molecule has 30 heavy (non-hydrogen) atoms. The molecule has 2 N–H and O–H groups in total. The fourth-order valence-electron chi connectivity index (χ4n) is 5.63. The Bertz CT molecular complexity index is 789. The van der Waals surface area contributed by atoms with Gasteiger partial charge in [0, 0.05) is 32.1 Å². The van der Waals surface area contributed by atoms with Crippen molar-refractivity contribution in [2.75, 3.05) is 13.6 Å². The Kier molecular flexibility index (Phi) is 5.81. The summed E-state index contributed by atoms with van der Waals surface area (Å²) >= 11 is 0. The lowest BCUT2D eigenvalue weighted by Crippen LogP contribution is -2.50. The molecule has 0 aromatic rings. The van der Waals surface area contributed by atoms with Gasteiger partial charge in [-0.2, -0.15) is 0 Å². The third-order valence-electron chi connectivity index (χ3n) is 7.71. The molecule has 1 heterocycles. The highest BCUT2D eigenvalue weighted by atomic mass is 32.2. The number of sulfonamides is 1. The van der Waals surface area contributed by atoms with Gasteiger partial charge >= 0.3 is 6.03 Å². The lowest BCUT2D eigenvalue weighted by Gasteiger charge is -2.37. The first-order valence-corrected chi connectivity index (χ1v) is 13.0. The molecule has 4 rings (SSSR count). The molecule has 3 aliphatic carbocycles. The molecule has 1 aliphatic heterocycles. The molecular formula is C21H36N4O4S.